The molecule has 1 N–H and O–H groups in total. The van der Waals surface area contributed by atoms with Crippen molar-refractivity contribution in [3.63, 3.8) is 0 Å². The third-order valence-corrected chi connectivity index (χ3v) is 3.63. The fraction of sp³-hybridized carbons (Fsp3) is 0.571. The first kappa shape index (κ1) is 12.9. The summed E-state index contributed by atoms with van der Waals surface area (Å²) in [5, 5.41) is 6.51. The van der Waals surface area contributed by atoms with Crippen LogP contribution in [0.4, 0.5) is 0 Å². The molecule has 1 saturated carbocycles. The molecule has 1 aromatic heterocycles. The minimum atomic E-state index is 0.0583. The van der Waals surface area contributed by atoms with Crippen molar-refractivity contribution < 1.29 is 9.32 Å². The minimum Gasteiger partial charge on any atom is -0.360 e. The number of carbonyl (C=O) groups is 1. The Labute approximate surface area is 107 Å². The predicted octanol–water partition coefficient (Wildman–Crippen LogP) is 2.53. The van der Waals surface area contributed by atoms with E-state index in [4.69, 9.17) is 4.52 Å². The largest absolute Gasteiger partial charge is 0.360 e. The summed E-state index contributed by atoms with van der Waals surface area (Å²) in [6.07, 6.45) is 3.77. The zero-order valence-corrected chi connectivity index (χ0v) is 11.4. The van der Waals surface area contributed by atoms with Crippen molar-refractivity contribution in [2.75, 3.05) is 0 Å². The Balaban J connectivity index is 1.92. The van der Waals surface area contributed by atoms with Gasteiger partial charge in [0.25, 0.3) is 0 Å². The van der Waals surface area contributed by atoms with Gasteiger partial charge in [-0.3, -0.25) is 4.79 Å². The average molecular weight is 248 g/mol. The quantitative estimate of drug-likeness (QED) is 0.833. The van der Waals surface area contributed by atoms with Gasteiger partial charge in [0.1, 0.15) is 0 Å². The van der Waals surface area contributed by atoms with E-state index in [0.29, 0.717) is 18.2 Å². The van der Waals surface area contributed by atoms with Crippen LogP contribution in [0.3, 0.4) is 0 Å². The van der Waals surface area contributed by atoms with E-state index in [1.165, 1.54) is 5.57 Å². The monoisotopic (exact) mass is 248 g/mol. The summed E-state index contributed by atoms with van der Waals surface area (Å²) < 4.78 is 4.95. The molecule has 98 valence electrons. The Morgan fingerprint density at radius 3 is 2.83 bits per heavy atom. The molecular formula is C14H20N2O2. The second-order valence-corrected chi connectivity index (χ2v) is 5.77. The molecule has 1 aliphatic rings. The summed E-state index contributed by atoms with van der Waals surface area (Å²) in [5.74, 6) is 1.19. The lowest BCUT2D eigenvalue weighted by Crippen LogP contribution is -2.26. The first-order chi connectivity index (χ1) is 8.43. The topological polar surface area (TPSA) is 55.1 Å². The molecule has 0 saturated heterocycles. The molecule has 0 aromatic carbocycles. The third-order valence-electron chi connectivity index (χ3n) is 3.63. The molecule has 0 radical (unpaired) electrons. The molecule has 2 atom stereocenters. The molecule has 0 unspecified atom stereocenters. The lowest BCUT2D eigenvalue weighted by Gasteiger charge is -2.03. The molecule has 0 aliphatic heterocycles. The maximum atomic E-state index is 12.1. The van der Waals surface area contributed by atoms with Crippen molar-refractivity contribution in [1.82, 2.24) is 10.5 Å². The van der Waals surface area contributed by atoms with Gasteiger partial charge in [-0.1, -0.05) is 30.7 Å². The molecule has 0 spiro atoms. The lowest BCUT2D eigenvalue weighted by atomic mass is 10.1. The number of aromatic nitrogens is 1. The van der Waals surface area contributed by atoms with Crippen molar-refractivity contribution in [2.45, 2.75) is 34.2 Å². The molecule has 0 bridgehead atoms. The Kier molecular flexibility index (Phi) is 3.28. The van der Waals surface area contributed by atoms with Crippen LogP contribution < -0.4 is 5.32 Å². The van der Waals surface area contributed by atoms with Crippen molar-refractivity contribution in [3.05, 3.63) is 29.7 Å². The summed E-state index contributed by atoms with van der Waals surface area (Å²) in [6.45, 7) is 8.81. The van der Waals surface area contributed by atoms with Gasteiger partial charge >= 0.3 is 0 Å². The van der Waals surface area contributed by atoms with E-state index < -0.39 is 0 Å². The molecule has 2 rings (SSSR count). The predicted molar refractivity (Wildman–Crippen MR) is 68.5 cm³/mol. The number of nitrogens with zero attached hydrogens (tertiary/aromatic N) is 1. The Morgan fingerprint density at radius 1 is 1.56 bits per heavy atom. The van der Waals surface area contributed by atoms with Crippen LogP contribution in [0.15, 0.2) is 28.4 Å². The SMILES string of the molecule is CC(C)=C[C@H]1[C@H](C(=O)NCc2ccno2)C1(C)C. The highest BCUT2D eigenvalue weighted by molar-refractivity contribution is 5.83. The Hall–Kier alpha value is -1.58. The second kappa shape index (κ2) is 4.59. The van der Waals surface area contributed by atoms with E-state index in [2.05, 4.69) is 44.2 Å². The summed E-state index contributed by atoms with van der Waals surface area (Å²) >= 11 is 0. The van der Waals surface area contributed by atoms with Crippen molar-refractivity contribution in [1.29, 1.82) is 0 Å². The van der Waals surface area contributed by atoms with Crippen LogP contribution in [-0.2, 0) is 11.3 Å². The number of hydrogen-bond donors (Lipinski definition) is 1. The van der Waals surface area contributed by atoms with Crippen LogP contribution in [0, 0.1) is 17.3 Å². The minimum absolute atomic E-state index is 0.0583. The van der Waals surface area contributed by atoms with E-state index in [9.17, 15) is 4.79 Å². The number of hydrogen-bond acceptors (Lipinski definition) is 3. The maximum Gasteiger partial charge on any atom is 0.224 e. The average Bonchev–Trinajstić information content (AvgIpc) is 2.70. The molecule has 1 amide bonds. The lowest BCUT2D eigenvalue weighted by molar-refractivity contribution is -0.123. The molecule has 1 heterocycles. The maximum absolute atomic E-state index is 12.1. The van der Waals surface area contributed by atoms with Gasteiger partial charge in [-0.05, 0) is 25.2 Å². The fourth-order valence-electron chi connectivity index (χ4n) is 2.47. The summed E-state index contributed by atoms with van der Waals surface area (Å²) in [5.41, 5.74) is 1.32. The van der Waals surface area contributed by atoms with E-state index in [0.717, 1.165) is 0 Å². The van der Waals surface area contributed by atoms with Crippen molar-refractivity contribution in [2.24, 2.45) is 17.3 Å². The van der Waals surface area contributed by atoms with E-state index >= 15 is 0 Å². The summed E-state index contributed by atoms with van der Waals surface area (Å²) in [6, 6.07) is 1.76. The van der Waals surface area contributed by atoms with Crippen LogP contribution in [0.1, 0.15) is 33.5 Å². The van der Waals surface area contributed by atoms with Crippen LogP contribution in [0.5, 0.6) is 0 Å². The standard InChI is InChI=1S/C14H20N2O2/c1-9(2)7-11-12(14(11,3)4)13(17)15-8-10-5-6-16-18-10/h5-7,11-12H,8H2,1-4H3,(H,15,17)/t11-,12+/m0/s1. The van der Waals surface area contributed by atoms with Crippen LogP contribution in [-0.4, -0.2) is 11.1 Å². The van der Waals surface area contributed by atoms with Gasteiger partial charge in [-0.2, -0.15) is 0 Å². The second-order valence-electron chi connectivity index (χ2n) is 5.77. The number of allylic oxidation sites excluding steroid dienone is 2. The van der Waals surface area contributed by atoms with Gasteiger partial charge in [0, 0.05) is 6.07 Å². The number of amides is 1. The highest BCUT2D eigenvalue weighted by Gasteiger charge is 2.60. The Morgan fingerprint density at radius 2 is 2.28 bits per heavy atom. The molecule has 4 nitrogen and oxygen atoms in total. The van der Waals surface area contributed by atoms with Gasteiger partial charge in [-0.15, -0.1) is 0 Å². The number of rotatable bonds is 4. The van der Waals surface area contributed by atoms with E-state index in [-0.39, 0.29) is 17.2 Å². The first-order valence-electron chi connectivity index (χ1n) is 6.25. The normalized spacial score (nSPS) is 24.4. The molecule has 1 fully saturated rings. The highest BCUT2D eigenvalue weighted by Crippen LogP contribution is 2.59. The van der Waals surface area contributed by atoms with Crippen LogP contribution in [0.25, 0.3) is 0 Å². The summed E-state index contributed by atoms with van der Waals surface area (Å²) in [4.78, 5) is 12.1. The Bertz CT molecular complexity index is 456. The zero-order chi connectivity index (χ0) is 13.3. The molecule has 1 aromatic rings. The third kappa shape index (κ3) is 2.47. The van der Waals surface area contributed by atoms with E-state index in [1.807, 2.05) is 0 Å². The van der Waals surface area contributed by atoms with Gasteiger partial charge < -0.3 is 9.84 Å². The fourth-order valence-corrected chi connectivity index (χ4v) is 2.47. The number of carbonyl (C=O) groups excluding carboxylic acids is 1. The first-order valence-corrected chi connectivity index (χ1v) is 6.25. The smallest absolute Gasteiger partial charge is 0.224 e. The van der Waals surface area contributed by atoms with Gasteiger partial charge in [0.15, 0.2) is 5.76 Å². The van der Waals surface area contributed by atoms with Gasteiger partial charge in [0.2, 0.25) is 5.91 Å². The molecule has 18 heavy (non-hydrogen) atoms. The van der Waals surface area contributed by atoms with Gasteiger partial charge in [0.05, 0.1) is 18.7 Å². The zero-order valence-electron chi connectivity index (χ0n) is 11.4. The van der Waals surface area contributed by atoms with Crippen molar-refractivity contribution in [3.8, 4) is 0 Å². The van der Waals surface area contributed by atoms with Crippen molar-refractivity contribution >= 4 is 5.91 Å². The number of nitrogens with one attached hydrogen (secondary N) is 1. The molecular weight excluding hydrogens is 228 g/mol. The molecule has 1 aliphatic carbocycles. The van der Waals surface area contributed by atoms with Crippen LogP contribution >= 0.6 is 0 Å². The van der Waals surface area contributed by atoms with Gasteiger partial charge in [-0.25, -0.2) is 0 Å². The summed E-state index contributed by atoms with van der Waals surface area (Å²) in [7, 11) is 0. The molecule has 4 heteroatoms. The van der Waals surface area contributed by atoms with Crippen LogP contribution in [0.2, 0.25) is 0 Å². The van der Waals surface area contributed by atoms with E-state index in [1.54, 1.807) is 12.3 Å². The highest BCUT2D eigenvalue weighted by atomic mass is 16.5.